The standard InChI is InChI=1S/C21H19Cl2N3O/c22-16-4-3-5-17(23)15(16)12-26-19-7-2-1-6-18(19)24-21(26)13-10-20(27)25(11-13)14-8-9-14/h1-7,13-14H,8-12H2. The number of fused-ring (bicyclic) bond motifs is 1. The van der Waals surface area contributed by atoms with E-state index >= 15 is 0 Å². The van der Waals surface area contributed by atoms with Gasteiger partial charge in [-0.3, -0.25) is 4.79 Å². The van der Waals surface area contributed by atoms with E-state index in [9.17, 15) is 4.79 Å². The molecular formula is C21H19Cl2N3O. The number of para-hydroxylation sites is 2. The van der Waals surface area contributed by atoms with Gasteiger partial charge in [-0.05, 0) is 37.1 Å². The lowest BCUT2D eigenvalue weighted by molar-refractivity contribution is -0.128. The second-order valence-corrected chi connectivity index (χ2v) is 8.24. The van der Waals surface area contributed by atoms with Crippen molar-refractivity contribution in [2.75, 3.05) is 6.54 Å². The number of carbonyl (C=O) groups is 1. The van der Waals surface area contributed by atoms with Gasteiger partial charge in [0.25, 0.3) is 0 Å². The van der Waals surface area contributed by atoms with Crippen molar-refractivity contribution in [2.24, 2.45) is 0 Å². The molecule has 2 heterocycles. The number of hydrogen-bond acceptors (Lipinski definition) is 2. The van der Waals surface area contributed by atoms with Gasteiger partial charge in [0.05, 0.1) is 17.6 Å². The van der Waals surface area contributed by atoms with Crippen molar-refractivity contribution in [1.29, 1.82) is 0 Å². The van der Waals surface area contributed by atoms with Crippen LogP contribution in [0.1, 0.15) is 36.6 Å². The molecule has 1 unspecified atom stereocenters. The number of carbonyl (C=O) groups excluding carboxylic acids is 1. The fourth-order valence-electron chi connectivity index (χ4n) is 4.06. The zero-order chi connectivity index (χ0) is 18.5. The highest BCUT2D eigenvalue weighted by molar-refractivity contribution is 6.36. The molecule has 3 aromatic rings. The zero-order valence-electron chi connectivity index (χ0n) is 14.7. The van der Waals surface area contributed by atoms with Gasteiger partial charge in [-0.25, -0.2) is 4.98 Å². The normalized spacial score (nSPS) is 20.0. The number of imidazole rings is 1. The molecule has 1 amide bonds. The molecule has 1 atom stereocenters. The molecule has 6 heteroatoms. The first-order valence-corrected chi connectivity index (χ1v) is 10.0. The van der Waals surface area contributed by atoms with E-state index in [1.807, 2.05) is 41.3 Å². The van der Waals surface area contributed by atoms with Crippen molar-refractivity contribution in [1.82, 2.24) is 14.5 Å². The van der Waals surface area contributed by atoms with Crippen LogP contribution >= 0.6 is 23.2 Å². The van der Waals surface area contributed by atoms with Gasteiger partial charge < -0.3 is 9.47 Å². The summed E-state index contributed by atoms with van der Waals surface area (Å²) in [6.07, 6.45) is 2.78. The van der Waals surface area contributed by atoms with E-state index in [-0.39, 0.29) is 11.8 Å². The van der Waals surface area contributed by atoms with Crippen molar-refractivity contribution in [3.8, 4) is 0 Å². The van der Waals surface area contributed by atoms with E-state index in [0.717, 1.165) is 41.8 Å². The van der Waals surface area contributed by atoms with Crippen LogP contribution in [0.25, 0.3) is 11.0 Å². The highest BCUT2D eigenvalue weighted by atomic mass is 35.5. The average Bonchev–Trinajstić information content (AvgIpc) is 3.33. The zero-order valence-corrected chi connectivity index (χ0v) is 16.2. The van der Waals surface area contributed by atoms with Crippen LogP contribution in [0.2, 0.25) is 10.0 Å². The topological polar surface area (TPSA) is 38.1 Å². The Bertz CT molecular complexity index is 1020. The maximum Gasteiger partial charge on any atom is 0.223 e. The minimum Gasteiger partial charge on any atom is -0.339 e. The number of amides is 1. The first-order valence-electron chi connectivity index (χ1n) is 9.29. The highest BCUT2D eigenvalue weighted by Crippen LogP contribution is 2.38. The van der Waals surface area contributed by atoms with Crippen LogP contribution in [0.5, 0.6) is 0 Å². The number of benzene rings is 2. The van der Waals surface area contributed by atoms with Gasteiger partial charge in [0.2, 0.25) is 5.91 Å². The number of nitrogens with zero attached hydrogens (tertiary/aromatic N) is 3. The van der Waals surface area contributed by atoms with Crippen LogP contribution in [0, 0.1) is 0 Å². The molecule has 0 N–H and O–H groups in total. The number of hydrogen-bond donors (Lipinski definition) is 0. The van der Waals surface area contributed by atoms with E-state index < -0.39 is 0 Å². The van der Waals surface area contributed by atoms with Crippen LogP contribution in [-0.4, -0.2) is 32.9 Å². The first-order chi connectivity index (χ1) is 13.1. The van der Waals surface area contributed by atoms with Crippen molar-refractivity contribution in [3.63, 3.8) is 0 Å². The van der Waals surface area contributed by atoms with Crippen molar-refractivity contribution in [3.05, 3.63) is 63.9 Å². The van der Waals surface area contributed by atoms with E-state index in [1.165, 1.54) is 0 Å². The predicted molar refractivity (Wildman–Crippen MR) is 107 cm³/mol. The third kappa shape index (κ3) is 3.01. The molecule has 1 saturated carbocycles. The smallest absolute Gasteiger partial charge is 0.223 e. The Morgan fingerprint density at radius 1 is 1.04 bits per heavy atom. The van der Waals surface area contributed by atoms with Crippen LogP contribution in [0.3, 0.4) is 0 Å². The Labute approximate surface area is 167 Å². The van der Waals surface area contributed by atoms with E-state index in [1.54, 1.807) is 0 Å². The Kier molecular flexibility index (Phi) is 4.14. The van der Waals surface area contributed by atoms with Gasteiger partial charge in [0, 0.05) is 40.5 Å². The molecule has 1 aliphatic carbocycles. The fourth-order valence-corrected chi connectivity index (χ4v) is 4.57. The summed E-state index contributed by atoms with van der Waals surface area (Å²) in [5.41, 5.74) is 2.86. The molecule has 5 rings (SSSR count). The molecule has 0 spiro atoms. The molecule has 0 bridgehead atoms. The van der Waals surface area contributed by atoms with Gasteiger partial charge >= 0.3 is 0 Å². The number of halogens is 2. The van der Waals surface area contributed by atoms with E-state index in [2.05, 4.69) is 10.6 Å². The second kappa shape index (κ2) is 6.54. The molecule has 2 aromatic carbocycles. The first kappa shape index (κ1) is 17.1. The molecule has 138 valence electrons. The van der Waals surface area contributed by atoms with E-state index in [0.29, 0.717) is 29.1 Å². The summed E-state index contributed by atoms with van der Waals surface area (Å²) in [5, 5.41) is 1.29. The van der Waals surface area contributed by atoms with Gasteiger partial charge in [0.1, 0.15) is 5.82 Å². The summed E-state index contributed by atoms with van der Waals surface area (Å²) < 4.78 is 2.18. The molecule has 1 saturated heterocycles. The van der Waals surface area contributed by atoms with Crippen molar-refractivity contribution in [2.45, 2.75) is 37.8 Å². The molecule has 1 aliphatic heterocycles. The monoisotopic (exact) mass is 399 g/mol. The highest BCUT2D eigenvalue weighted by Gasteiger charge is 2.41. The minimum atomic E-state index is 0.103. The third-order valence-corrected chi connectivity index (χ3v) is 6.28. The Morgan fingerprint density at radius 3 is 2.52 bits per heavy atom. The summed E-state index contributed by atoms with van der Waals surface area (Å²) in [4.78, 5) is 19.4. The fraction of sp³-hybridized carbons (Fsp3) is 0.333. The third-order valence-electron chi connectivity index (χ3n) is 5.57. The summed E-state index contributed by atoms with van der Waals surface area (Å²) in [6, 6.07) is 14.1. The van der Waals surface area contributed by atoms with E-state index in [4.69, 9.17) is 28.2 Å². The quantitative estimate of drug-likeness (QED) is 0.627. The number of aromatic nitrogens is 2. The molecule has 27 heavy (non-hydrogen) atoms. The van der Waals surface area contributed by atoms with Crippen LogP contribution in [0.4, 0.5) is 0 Å². The summed E-state index contributed by atoms with van der Waals surface area (Å²) in [7, 11) is 0. The van der Waals surface area contributed by atoms with Gasteiger partial charge in [-0.15, -0.1) is 0 Å². The Hall–Kier alpha value is -2.04. The molecule has 0 radical (unpaired) electrons. The van der Waals surface area contributed by atoms with Crippen molar-refractivity contribution < 1.29 is 4.79 Å². The summed E-state index contributed by atoms with van der Waals surface area (Å²) >= 11 is 12.9. The lowest BCUT2D eigenvalue weighted by atomic mass is 10.1. The SMILES string of the molecule is O=C1CC(c2nc3ccccc3n2Cc2c(Cl)cccc2Cl)CN1C1CC1. The lowest BCUT2D eigenvalue weighted by Crippen LogP contribution is -2.27. The predicted octanol–water partition coefficient (Wildman–Crippen LogP) is 4.87. The van der Waals surface area contributed by atoms with Gasteiger partial charge in [-0.1, -0.05) is 41.4 Å². The molecule has 1 aromatic heterocycles. The lowest BCUT2D eigenvalue weighted by Gasteiger charge is -2.17. The Morgan fingerprint density at radius 2 is 1.78 bits per heavy atom. The molecular weight excluding hydrogens is 381 g/mol. The molecule has 2 aliphatic rings. The maximum atomic E-state index is 12.5. The molecule has 2 fully saturated rings. The molecule has 4 nitrogen and oxygen atoms in total. The van der Waals surface area contributed by atoms with Crippen LogP contribution in [0.15, 0.2) is 42.5 Å². The average molecular weight is 400 g/mol. The largest absolute Gasteiger partial charge is 0.339 e. The Balaban J connectivity index is 1.58. The maximum absolute atomic E-state index is 12.5. The van der Waals surface area contributed by atoms with Gasteiger partial charge in [-0.2, -0.15) is 0 Å². The second-order valence-electron chi connectivity index (χ2n) is 7.42. The van der Waals surface area contributed by atoms with Crippen LogP contribution in [-0.2, 0) is 11.3 Å². The minimum absolute atomic E-state index is 0.103. The van der Waals surface area contributed by atoms with Crippen LogP contribution < -0.4 is 0 Å². The number of likely N-dealkylation sites (tertiary alicyclic amines) is 1. The number of rotatable bonds is 4. The summed E-state index contributed by atoms with van der Waals surface area (Å²) in [5.74, 6) is 1.30. The van der Waals surface area contributed by atoms with Crippen molar-refractivity contribution >= 4 is 40.1 Å². The van der Waals surface area contributed by atoms with Gasteiger partial charge in [0.15, 0.2) is 0 Å². The summed E-state index contributed by atoms with van der Waals surface area (Å²) in [6.45, 7) is 1.30.